The minimum atomic E-state index is -1.05. The Labute approximate surface area is 172 Å². The van der Waals surface area contributed by atoms with Crippen LogP contribution in [0.2, 0.25) is 5.02 Å². The molecule has 0 unspecified atom stereocenters. The van der Waals surface area contributed by atoms with Crippen molar-refractivity contribution in [2.24, 2.45) is 0 Å². The summed E-state index contributed by atoms with van der Waals surface area (Å²) in [5.41, 5.74) is 1.18. The highest BCUT2D eigenvalue weighted by Crippen LogP contribution is 2.38. The summed E-state index contributed by atoms with van der Waals surface area (Å²) in [5.74, 6) is -0.532. The molecule has 1 heterocycles. The Bertz CT molecular complexity index is 941. The number of halogens is 1. The highest BCUT2D eigenvalue weighted by molar-refractivity contribution is 6.32. The molecule has 29 heavy (non-hydrogen) atoms. The summed E-state index contributed by atoms with van der Waals surface area (Å²) in [5, 5.41) is 2.87. The van der Waals surface area contributed by atoms with Crippen LogP contribution < -0.4 is 14.8 Å². The number of rotatable bonds is 5. The average Bonchev–Trinajstić information content (AvgIpc) is 2.94. The first kappa shape index (κ1) is 20.7. The number of benzene rings is 2. The van der Waals surface area contributed by atoms with E-state index in [1.807, 2.05) is 0 Å². The van der Waals surface area contributed by atoms with Gasteiger partial charge in [0, 0.05) is 17.7 Å². The minimum absolute atomic E-state index is 0.0704. The number of esters is 1. The highest BCUT2D eigenvalue weighted by atomic mass is 35.5. The number of carbonyl (C=O) groups excluding carboxylic acids is 3. The van der Waals surface area contributed by atoms with Gasteiger partial charge in [-0.1, -0.05) is 11.6 Å². The molecule has 0 radical (unpaired) electrons. The predicted molar refractivity (Wildman–Crippen MR) is 107 cm³/mol. The van der Waals surface area contributed by atoms with Gasteiger partial charge in [-0.3, -0.25) is 9.59 Å². The highest BCUT2D eigenvalue weighted by Gasteiger charge is 2.23. The Balaban J connectivity index is 1.65. The number of ketones is 1. The number of fused-ring (bicyclic) bond motifs is 1. The summed E-state index contributed by atoms with van der Waals surface area (Å²) in [4.78, 5) is 36.1. The van der Waals surface area contributed by atoms with E-state index in [9.17, 15) is 14.4 Å². The van der Waals surface area contributed by atoms with Gasteiger partial charge in [0.1, 0.15) is 0 Å². The average molecular weight is 418 g/mol. The van der Waals surface area contributed by atoms with E-state index in [-0.39, 0.29) is 16.4 Å². The molecule has 0 aromatic heterocycles. The lowest BCUT2D eigenvalue weighted by molar-refractivity contribution is -0.123. The number of amides is 1. The lowest BCUT2D eigenvalue weighted by atomic mass is 10.1. The lowest BCUT2D eigenvalue weighted by Gasteiger charge is -2.15. The minimum Gasteiger partial charge on any atom is -0.489 e. The fraction of sp³-hybridized carbons (Fsp3) is 0.286. The molecule has 0 aliphatic carbocycles. The second kappa shape index (κ2) is 8.96. The summed E-state index contributed by atoms with van der Waals surface area (Å²) in [6.45, 7) is 3.84. The third-order valence-electron chi connectivity index (χ3n) is 4.25. The van der Waals surface area contributed by atoms with Gasteiger partial charge in [-0.25, -0.2) is 4.79 Å². The Morgan fingerprint density at radius 2 is 1.76 bits per heavy atom. The Hall–Kier alpha value is -3.06. The van der Waals surface area contributed by atoms with Gasteiger partial charge < -0.3 is 19.5 Å². The molecule has 0 fully saturated rings. The van der Waals surface area contributed by atoms with E-state index in [0.717, 1.165) is 0 Å². The van der Waals surface area contributed by atoms with Crippen LogP contribution in [0.4, 0.5) is 5.69 Å². The van der Waals surface area contributed by atoms with Crippen molar-refractivity contribution in [2.75, 3.05) is 18.5 Å². The summed E-state index contributed by atoms with van der Waals surface area (Å²) >= 11 is 6.19. The standard InChI is InChI=1S/C21H20ClNO6/c1-12(24)14-4-6-16(7-5-14)23-20(25)13(2)29-21(26)15-10-17(22)19-18(11-15)27-8-3-9-28-19/h4-7,10-11,13H,3,8-9H2,1-2H3,(H,23,25)/t13-/m1/s1. The molecule has 8 heteroatoms. The van der Waals surface area contributed by atoms with Crippen molar-refractivity contribution < 1.29 is 28.6 Å². The van der Waals surface area contributed by atoms with Crippen LogP contribution in [0.25, 0.3) is 0 Å². The largest absolute Gasteiger partial charge is 0.489 e. The molecule has 1 aliphatic heterocycles. The van der Waals surface area contributed by atoms with Crippen LogP contribution in [0.5, 0.6) is 11.5 Å². The predicted octanol–water partition coefficient (Wildman–Crippen LogP) is 3.89. The quantitative estimate of drug-likeness (QED) is 0.586. The topological polar surface area (TPSA) is 90.9 Å². The van der Waals surface area contributed by atoms with Crippen molar-refractivity contribution in [1.82, 2.24) is 0 Å². The fourth-order valence-corrected chi connectivity index (χ4v) is 2.93. The first-order valence-electron chi connectivity index (χ1n) is 9.07. The molecule has 1 aliphatic rings. The molecule has 3 rings (SSSR count). The Kier molecular flexibility index (Phi) is 6.39. The Morgan fingerprint density at radius 3 is 2.45 bits per heavy atom. The van der Waals surface area contributed by atoms with Crippen molar-refractivity contribution in [1.29, 1.82) is 0 Å². The Morgan fingerprint density at radius 1 is 1.07 bits per heavy atom. The summed E-state index contributed by atoms with van der Waals surface area (Å²) in [6, 6.07) is 9.32. The number of carbonyl (C=O) groups is 3. The van der Waals surface area contributed by atoms with E-state index in [1.54, 1.807) is 24.3 Å². The molecule has 2 aromatic carbocycles. The van der Waals surface area contributed by atoms with Crippen LogP contribution >= 0.6 is 11.6 Å². The van der Waals surface area contributed by atoms with Crippen molar-refractivity contribution >= 4 is 34.9 Å². The lowest BCUT2D eigenvalue weighted by Crippen LogP contribution is -2.30. The maximum absolute atomic E-state index is 12.5. The second-order valence-corrected chi connectivity index (χ2v) is 6.91. The van der Waals surface area contributed by atoms with Gasteiger partial charge in [0.25, 0.3) is 5.91 Å². The van der Waals surface area contributed by atoms with Crippen LogP contribution in [0.3, 0.4) is 0 Å². The van der Waals surface area contributed by atoms with E-state index < -0.39 is 18.0 Å². The molecule has 7 nitrogen and oxygen atoms in total. The molecule has 1 atom stereocenters. The van der Waals surface area contributed by atoms with Crippen molar-refractivity contribution in [3.63, 3.8) is 0 Å². The van der Waals surface area contributed by atoms with Gasteiger partial charge in [-0.05, 0) is 50.2 Å². The van der Waals surface area contributed by atoms with Crippen LogP contribution in [0, 0.1) is 0 Å². The van der Waals surface area contributed by atoms with E-state index in [4.69, 9.17) is 25.8 Å². The van der Waals surface area contributed by atoms with Crippen LogP contribution in [-0.4, -0.2) is 37.0 Å². The molecule has 0 saturated heterocycles. The first-order valence-corrected chi connectivity index (χ1v) is 9.45. The zero-order valence-corrected chi connectivity index (χ0v) is 16.7. The van der Waals surface area contributed by atoms with Crippen LogP contribution in [0.15, 0.2) is 36.4 Å². The summed E-state index contributed by atoms with van der Waals surface area (Å²) < 4.78 is 16.3. The summed E-state index contributed by atoms with van der Waals surface area (Å²) in [7, 11) is 0. The van der Waals surface area contributed by atoms with Crippen molar-refractivity contribution in [3.05, 3.63) is 52.5 Å². The number of hydrogen-bond donors (Lipinski definition) is 1. The maximum atomic E-state index is 12.5. The monoisotopic (exact) mass is 417 g/mol. The van der Waals surface area contributed by atoms with Gasteiger partial charge in [-0.15, -0.1) is 0 Å². The molecule has 1 N–H and O–H groups in total. The van der Waals surface area contributed by atoms with Gasteiger partial charge in [0.15, 0.2) is 23.4 Å². The molecule has 2 aromatic rings. The third-order valence-corrected chi connectivity index (χ3v) is 4.53. The van der Waals surface area contributed by atoms with Crippen LogP contribution in [0.1, 0.15) is 41.0 Å². The zero-order valence-electron chi connectivity index (χ0n) is 16.0. The number of Topliss-reactive ketones (excluding diaryl/α,β-unsaturated/α-hetero) is 1. The first-order chi connectivity index (χ1) is 13.8. The molecule has 1 amide bonds. The van der Waals surface area contributed by atoms with E-state index in [1.165, 1.54) is 26.0 Å². The van der Waals surface area contributed by atoms with Crippen LogP contribution in [-0.2, 0) is 9.53 Å². The molecular weight excluding hydrogens is 398 g/mol. The molecular formula is C21H20ClNO6. The van der Waals surface area contributed by atoms with Gasteiger partial charge in [-0.2, -0.15) is 0 Å². The van der Waals surface area contributed by atoms with E-state index >= 15 is 0 Å². The van der Waals surface area contributed by atoms with Gasteiger partial charge in [0.05, 0.1) is 23.8 Å². The number of hydrogen-bond acceptors (Lipinski definition) is 6. The zero-order chi connectivity index (χ0) is 21.0. The van der Waals surface area contributed by atoms with Crippen molar-refractivity contribution in [3.8, 4) is 11.5 Å². The van der Waals surface area contributed by atoms with Crippen molar-refractivity contribution in [2.45, 2.75) is 26.4 Å². The number of nitrogens with one attached hydrogen (secondary N) is 1. The van der Waals surface area contributed by atoms with E-state index in [0.29, 0.717) is 42.4 Å². The summed E-state index contributed by atoms with van der Waals surface area (Å²) in [6.07, 6.45) is -0.347. The van der Waals surface area contributed by atoms with Gasteiger partial charge >= 0.3 is 5.97 Å². The molecule has 0 spiro atoms. The SMILES string of the molecule is CC(=O)c1ccc(NC(=O)[C@@H](C)OC(=O)c2cc(Cl)c3c(c2)OCCCO3)cc1. The molecule has 152 valence electrons. The number of anilines is 1. The smallest absolute Gasteiger partial charge is 0.339 e. The second-order valence-electron chi connectivity index (χ2n) is 6.51. The molecule has 0 saturated carbocycles. The van der Waals surface area contributed by atoms with E-state index in [2.05, 4.69) is 5.32 Å². The number of ether oxygens (including phenoxy) is 3. The third kappa shape index (κ3) is 5.06. The van der Waals surface area contributed by atoms with Gasteiger partial charge in [0.2, 0.25) is 0 Å². The molecule has 0 bridgehead atoms. The normalized spacial score (nSPS) is 13.8. The maximum Gasteiger partial charge on any atom is 0.339 e. The fourth-order valence-electron chi connectivity index (χ4n) is 2.66.